The Labute approximate surface area is 306 Å². The standard InChI is InChI=1S/C39H56BrN3O7/c1-10-12-18-29(45)49-22-27(25-16-14-13-15-17-25)41-34(46)30-31-35(47)43(28(21-44)24(3)4)33(39(31)20-26(40)32(30)50-39)36(48)42(19-11-2)38(8,9)23-37(5,6)7/h10-11,13-17,24,26-28,30-33,44H,1-2,12,18-23H2,3-9H3,(H,41,46)/t26?,27-,28+,30-,31+,32-,33-,39+/m1/s1. The first-order chi connectivity index (χ1) is 23.4. The van der Waals surface area contributed by atoms with Gasteiger partial charge in [0.05, 0.1) is 36.6 Å². The van der Waals surface area contributed by atoms with Crippen molar-refractivity contribution in [2.45, 2.75) is 114 Å². The predicted octanol–water partition coefficient (Wildman–Crippen LogP) is 5.35. The Morgan fingerprint density at radius 2 is 1.82 bits per heavy atom. The van der Waals surface area contributed by atoms with E-state index in [1.54, 1.807) is 17.1 Å². The fourth-order valence-corrected chi connectivity index (χ4v) is 9.51. The van der Waals surface area contributed by atoms with Crippen LogP contribution in [0.4, 0.5) is 0 Å². The number of fused-ring (bicyclic) bond motifs is 1. The van der Waals surface area contributed by atoms with Crippen LogP contribution >= 0.6 is 15.9 Å². The molecule has 11 heteroatoms. The third kappa shape index (κ3) is 7.89. The Morgan fingerprint density at radius 1 is 1.16 bits per heavy atom. The number of carbonyl (C=O) groups is 4. The monoisotopic (exact) mass is 757 g/mol. The molecule has 0 aliphatic carbocycles. The molecule has 50 heavy (non-hydrogen) atoms. The maximum absolute atomic E-state index is 15.1. The summed E-state index contributed by atoms with van der Waals surface area (Å²) in [5.74, 6) is -3.59. The largest absolute Gasteiger partial charge is 0.463 e. The van der Waals surface area contributed by atoms with Crippen LogP contribution in [-0.2, 0) is 28.7 Å². The van der Waals surface area contributed by atoms with Crippen LogP contribution in [-0.4, -0.2) is 92.5 Å². The minimum absolute atomic E-state index is 0.0992. The van der Waals surface area contributed by atoms with E-state index in [1.165, 1.54) is 4.90 Å². The van der Waals surface area contributed by atoms with Crippen LogP contribution < -0.4 is 5.32 Å². The third-order valence-electron chi connectivity index (χ3n) is 10.3. The third-order valence-corrected chi connectivity index (χ3v) is 11.2. The molecule has 0 radical (unpaired) electrons. The van der Waals surface area contributed by atoms with Crippen molar-refractivity contribution in [3.8, 4) is 0 Å². The second-order valence-electron chi connectivity index (χ2n) is 16.2. The summed E-state index contributed by atoms with van der Waals surface area (Å²) in [4.78, 5) is 59.8. The number of nitrogens with one attached hydrogen (secondary N) is 1. The number of allylic oxidation sites excluding steroid dienone is 1. The molecular formula is C39H56BrN3O7. The normalized spacial score (nSPS) is 27.1. The molecule has 1 aromatic rings. The van der Waals surface area contributed by atoms with Gasteiger partial charge in [-0.25, -0.2) is 0 Å². The van der Waals surface area contributed by atoms with E-state index in [0.29, 0.717) is 19.3 Å². The molecule has 1 unspecified atom stereocenters. The topological polar surface area (TPSA) is 125 Å². The highest BCUT2D eigenvalue weighted by Gasteiger charge is 2.77. The molecule has 3 saturated heterocycles. The van der Waals surface area contributed by atoms with Crippen molar-refractivity contribution >= 4 is 39.6 Å². The lowest BCUT2D eigenvalue weighted by Crippen LogP contribution is -2.63. The van der Waals surface area contributed by atoms with Crippen LogP contribution in [0, 0.1) is 23.2 Å². The van der Waals surface area contributed by atoms with Gasteiger partial charge >= 0.3 is 5.97 Å². The number of nitrogens with zero attached hydrogens (tertiary/aromatic N) is 2. The van der Waals surface area contributed by atoms with Gasteiger partial charge in [-0.05, 0) is 50.0 Å². The van der Waals surface area contributed by atoms with Crippen molar-refractivity contribution in [3.63, 3.8) is 0 Å². The van der Waals surface area contributed by atoms with Gasteiger partial charge in [0.1, 0.15) is 18.2 Å². The lowest BCUT2D eigenvalue weighted by atomic mass is 9.70. The van der Waals surface area contributed by atoms with Gasteiger partial charge in [-0.3, -0.25) is 19.2 Å². The van der Waals surface area contributed by atoms with Crippen LogP contribution in [0.2, 0.25) is 0 Å². The lowest BCUT2D eigenvalue weighted by molar-refractivity contribution is -0.156. The number of carbonyl (C=O) groups excluding carboxylic acids is 4. The number of benzene rings is 1. The van der Waals surface area contributed by atoms with Gasteiger partial charge in [0.25, 0.3) is 0 Å². The molecule has 10 nitrogen and oxygen atoms in total. The van der Waals surface area contributed by atoms with Crippen molar-refractivity contribution in [2.75, 3.05) is 19.8 Å². The molecule has 3 heterocycles. The van der Waals surface area contributed by atoms with Crippen LogP contribution in [0.25, 0.3) is 0 Å². The molecule has 276 valence electrons. The van der Waals surface area contributed by atoms with Crippen molar-refractivity contribution in [1.29, 1.82) is 0 Å². The van der Waals surface area contributed by atoms with Gasteiger partial charge in [-0.2, -0.15) is 0 Å². The molecule has 3 aliphatic rings. The van der Waals surface area contributed by atoms with E-state index in [-0.39, 0.29) is 54.2 Å². The van der Waals surface area contributed by atoms with Crippen molar-refractivity contribution in [1.82, 2.24) is 15.1 Å². The average molecular weight is 759 g/mol. The Morgan fingerprint density at radius 3 is 2.38 bits per heavy atom. The molecule has 3 aliphatic heterocycles. The predicted molar refractivity (Wildman–Crippen MR) is 196 cm³/mol. The van der Waals surface area contributed by atoms with Crippen molar-refractivity contribution in [2.24, 2.45) is 23.2 Å². The van der Waals surface area contributed by atoms with Gasteiger partial charge in [0.2, 0.25) is 17.7 Å². The number of rotatable bonds is 16. The summed E-state index contributed by atoms with van der Waals surface area (Å²) in [5.41, 5.74) is -1.30. The summed E-state index contributed by atoms with van der Waals surface area (Å²) >= 11 is 3.76. The number of hydrogen-bond donors (Lipinski definition) is 2. The van der Waals surface area contributed by atoms with Gasteiger partial charge in [-0.15, -0.1) is 13.2 Å². The van der Waals surface area contributed by atoms with E-state index < -0.39 is 59.1 Å². The summed E-state index contributed by atoms with van der Waals surface area (Å²) < 4.78 is 12.4. The Hall–Kier alpha value is -3.02. The summed E-state index contributed by atoms with van der Waals surface area (Å²) in [6.45, 7) is 21.6. The first-order valence-corrected chi connectivity index (χ1v) is 18.6. The van der Waals surface area contributed by atoms with Crippen LogP contribution in [0.3, 0.4) is 0 Å². The first kappa shape index (κ1) is 39.8. The lowest BCUT2D eigenvalue weighted by Gasteiger charge is -2.47. The first-order valence-electron chi connectivity index (χ1n) is 17.7. The number of aliphatic hydroxyl groups is 1. The van der Waals surface area contributed by atoms with Gasteiger partial charge in [-0.1, -0.05) is 93.0 Å². The van der Waals surface area contributed by atoms with E-state index in [4.69, 9.17) is 9.47 Å². The summed E-state index contributed by atoms with van der Waals surface area (Å²) in [6.07, 6.45) is 4.31. The SMILES string of the molecule is C=CCCC(=O)OC[C@@H](NC(=O)[C@H]1[C@@H]2O[C@@]3(CC2Br)[C@@H]1C(=O)N([C@@H](CO)C(C)C)[C@@H]3C(=O)N(CC=C)C(C)(C)CC(C)(C)C)c1ccccc1. The number of ether oxygens (including phenoxy) is 2. The van der Waals surface area contributed by atoms with Crippen molar-refractivity contribution < 1.29 is 33.8 Å². The van der Waals surface area contributed by atoms with Crippen LogP contribution in [0.15, 0.2) is 55.6 Å². The minimum Gasteiger partial charge on any atom is -0.463 e. The van der Waals surface area contributed by atoms with Gasteiger partial charge < -0.3 is 29.7 Å². The maximum atomic E-state index is 15.1. The smallest absolute Gasteiger partial charge is 0.306 e. The fourth-order valence-electron chi connectivity index (χ4n) is 8.57. The van der Waals surface area contributed by atoms with E-state index in [0.717, 1.165) is 5.56 Å². The number of esters is 1. The molecule has 1 aromatic carbocycles. The molecule has 8 atom stereocenters. The number of halogens is 1. The number of amides is 3. The van der Waals surface area contributed by atoms with E-state index >= 15 is 4.79 Å². The number of likely N-dealkylation sites (tertiary alicyclic amines) is 1. The zero-order valence-corrected chi connectivity index (χ0v) is 32.3. The highest BCUT2D eigenvalue weighted by molar-refractivity contribution is 9.09. The number of alkyl halides is 1. The van der Waals surface area contributed by atoms with E-state index in [2.05, 4.69) is 55.2 Å². The Kier molecular flexibility index (Phi) is 12.5. The highest BCUT2D eigenvalue weighted by Crippen LogP contribution is 2.61. The van der Waals surface area contributed by atoms with Crippen LogP contribution in [0.1, 0.15) is 85.8 Å². The zero-order valence-electron chi connectivity index (χ0n) is 30.7. The average Bonchev–Trinajstić information content (AvgIpc) is 3.63. The Bertz CT molecular complexity index is 1430. The summed E-state index contributed by atoms with van der Waals surface area (Å²) in [6, 6.07) is 6.77. The zero-order chi connectivity index (χ0) is 37.2. The molecule has 4 rings (SSSR count). The van der Waals surface area contributed by atoms with Crippen molar-refractivity contribution in [3.05, 3.63) is 61.2 Å². The fraction of sp³-hybridized carbons (Fsp3) is 0.641. The van der Waals surface area contributed by atoms with Gasteiger partial charge in [0, 0.05) is 23.3 Å². The maximum Gasteiger partial charge on any atom is 0.306 e. The second kappa shape index (κ2) is 15.7. The Balaban J connectivity index is 1.76. The quantitative estimate of drug-likeness (QED) is 0.132. The molecule has 0 saturated carbocycles. The van der Waals surface area contributed by atoms with E-state index in [1.807, 2.05) is 58.0 Å². The molecule has 3 fully saturated rings. The van der Waals surface area contributed by atoms with E-state index in [9.17, 15) is 19.5 Å². The molecule has 3 amide bonds. The second-order valence-corrected chi connectivity index (χ2v) is 17.3. The molecule has 0 aromatic heterocycles. The summed E-state index contributed by atoms with van der Waals surface area (Å²) in [7, 11) is 0. The minimum atomic E-state index is -1.31. The molecule has 2 N–H and O–H groups in total. The van der Waals surface area contributed by atoms with Gasteiger partial charge in [0.15, 0.2) is 0 Å². The number of hydrogen-bond acceptors (Lipinski definition) is 7. The highest BCUT2D eigenvalue weighted by atomic mass is 79.9. The molecular weight excluding hydrogens is 702 g/mol. The van der Waals surface area contributed by atoms with Crippen LogP contribution in [0.5, 0.6) is 0 Å². The molecule has 2 bridgehead atoms. The number of aliphatic hydroxyl groups excluding tert-OH is 1. The summed E-state index contributed by atoms with van der Waals surface area (Å²) in [5, 5.41) is 13.8. The molecule has 1 spiro atoms.